The lowest BCUT2D eigenvalue weighted by Gasteiger charge is -2.34. The molecule has 0 amide bonds. The molecule has 1 aromatic carbocycles. The summed E-state index contributed by atoms with van der Waals surface area (Å²) < 4.78 is 0. The van der Waals surface area contributed by atoms with Crippen molar-refractivity contribution in [1.29, 1.82) is 0 Å². The number of hydrogen-bond donors (Lipinski definition) is 1. The van der Waals surface area contributed by atoms with Crippen molar-refractivity contribution in [2.45, 2.75) is 32.7 Å². The van der Waals surface area contributed by atoms with Crippen LogP contribution >= 0.6 is 0 Å². The first kappa shape index (κ1) is 14.3. The Kier molecular flexibility index (Phi) is 4.34. The summed E-state index contributed by atoms with van der Waals surface area (Å²) in [6.07, 6.45) is 4.35. The topological polar surface area (TPSA) is 41.0 Å². The molecule has 0 aliphatic carbocycles. The van der Waals surface area contributed by atoms with Gasteiger partial charge in [-0.1, -0.05) is 24.3 Å². The third-order valence-corrected chi connectivity index (χ3v) is 4.36. The molecule has 0 unspecified atom stereocenters. The van der Waals surface area contributed by atoms with Gasteiger partial charge in [-0.05, 0) is 45.7 Å². The minimum absolute atomic E-state index is 0.431. The van der Waals surface area contributed by atoms with E-state index >= 15 is 0 Å². The van der Waals surface area contributed by atoms with Gasteiger partial charge in [-0.15, -0.1) is 5.10 Å². The van der Waals surface area contributed by atoms with Crippen molar-refractivity contribution in [3.05, 3.63) is 30.5 Å². The van der Waals surface area contributed by atoms with Crippen LogP contribution in [0.15, 0.2) is 30.5 Å². The summed E-state index contributed by atoms with van der Waals surface area (Å²) in [5, 5.41) is 14.5. The van der Waals surface area contributed by atoms with Gasteiger partial charge in [0.2, 0.25) is 0 Å². The van der Waals surface area contributed by atoms with Crippen LogP contribution in [0.1, 0.15) is 26.7 Å². The van der Waals surface area contributed by atoms with Crippen molar-refractivity contribution in [1.82, 2.24) is 15.5 Å². The number of anilines is 1. The number of nitrogens with one attached hydrogen (secondary N) is 1. The molecule has 0 spiro atoms. The molecule has 1 N–H and O–H groups in total. The molecule has 0 radical (unpaired) electrons. The molecular weight excluding hydrogens is 260 g/mol. The van der Waals surface area contributed by atoms with Crippen molar-refractivity contribution < 1.29 is 0 Å². The van der Waals surface area contributed by atoms with Crippen LogP contribution in [0.3, 0.4) is 0 Å². The third kappa shape index (κ3) is 3.16. The van der Waals surface area contributed by atoms with Crippen LogP contribution < -0.4 is 10.2 Å². The van der Waals surface area contributed by atoms with Gasteiger partial charge in [0.05, 0.1) is 6.20 Å². The fraction of sp³-hybridized carbons (Fsp3) is 0.529. The summed E-state index contributed by atoms with van der Waals surface area (Å²) >= 11 is 0. The molecule has 21 heavy (non-hydrogen) atoms. The van der Waals surface area contributed by atoms with Gasteiger partial charge in [0.1, 0.15) is 0 Å². The van der Waals surface area contributed by atoms with Gasteiger partial charge in [-0.25, -0.2) is 0 Å². The van der Waals surface area contributed by atoms with E-state index in [-0.39, 0.29) is 0 Å². The van der Waals surface area contributed by atoms with Crippen LogP contribution in [0.5, 0.6) is 0 Å². The van der Waals surface area contributed by atoms with Crippen molar-refractivity contribution >= 4 is 16.6 Å². The Labute approximate surface area is 126 Å². The van der Waals surface area contributed by atoms with E-state index < -0.39 is 0 Å². The molecule has 4 heteroatoms. The SMILES string of the molecule is CC(C)N(CC1CCNCC1)c1nncc2ccccc12. The molecule has 1 aliphatic heterocycles. The van der Waals surface area contributed by atoms with E-state index in [9.17, 15) is 0 Å². The normalized spacial score (nSPS) is 16.5. The highest BCUT2D eigenvalue weighted by Gasteiger charge is 2.21. The predicted molar refractivity (Wildman–Crippen MR) is 87.6 cm³/mol. The van der Waals surface area contributed by atoms with Crippen molar-refractivity contribution in [3.63, 3.8) is 0 Å². The van der Waals surface area contributed by atoms with Gasteiger partial charge < -0.3 is 10.2 Å². The summed E-state index contributed by atoms with van der Waals surface area (Å²) in [6.45, 7) is 7.83. The van der Waals surface area contributed by atoms with E-state index in [1.165, 1.54) is 23.6 Å². The molecular formula is C17H24N4. The average Bonchev–Trinajstić information content (AvgIpc) is 2.53. The number of piperidine rings is 1. The fourth-order valence-electron chi connectivity index (χ4n) is 3.11. The Balaban J connectivity index is 1.91. The van der Waals surface area contributed by atoms with Gasteiger partial charge in [0, 0.05) is 23.4 Å². The van der Waals surface area contributed by atoms with Crippen LogP contribution in [0.4, 0.5) is 5.82 Å². The lowest BCUT2D eigenvalue weighted by atomic mass is 9.97. The highest BCUT2D eigenvalue weighted by molar-refractivity contribution is 5.91. The second-order valence-electron chi connectivity index (χ2n) is 6.19. The summed E-state index contributed by atoms with van der Waals surface area (Å²) in [5.74, 6) is 1.77. The smallest absolute Gasteiger partial charge is 0.159 e. The molecule has 2 heterocycles. The van der Waals surface area contributed by atoms with E-state index in [0.717, 1.165) is 31.4 Å². The van der Waals surface area contributed by atoms with Crippen LogP contribution in [0, 0.1) is 5.92 Å². The van der Waals surface area contributed by atoms with E-state index in [1.54, 1.807) is 0 Å². The first-order valence-electron chi connectivity index (χ1n) is 7.93. The van der Waals surface area contributed by atoms with Crippen molar-refractivity contribution in [2.75, 3.05) is 24.5 Å². The molecule has 0 bridgehead atoms. The fourth-order valence-corrected chi connectivity index (χ4v) is 3.11. The molecule has 3 rings (SSSR count). The molecule has 1 aromatic heterocycles. The number of fused-ring (bicyclic) bond motifs is 1. The Bertz CT molecular complexity index is 585. The second kappa shape index (κ2) is 6.39. The largest absolute Gasteiger partial charge is 0.352 e. The maximum Gasteiger partial charge on any atom is 0.159 e. The lowest BCUT2D eigenvalue weighted by molar-refractivity contribution is 0.367. The zero-order chi connectivity index (χ0) is 14.7. The lowest BCUT2D eigenvalue weighted by Crippen LogP contribution is -2.40. The Hall–Kier alpha value is -1.68. The second-order valence-corrected chi connectivity index (χ2v) is 6.19. The first-order valence-corrected chi connectivity index (χ1v) is 7.93. The standard InChI is InChI=1S/C17H24N4/c1-13(2)21(12-14-7-9-18-10-8-14)17-16-6-4-3-5-15(16)11-19-20-17/h3-6,11,13-14,18H,7-10,12H2,1-2H3. The number of rotatable bonds is 4. The maximum atomic E-state index is 4.45. The minimum Gasteiger partial charge on any atom is -0.352 e. The Morgan fingerprint density at radius 3 is 2.76 bits per heavy atom. The number of aromatic nitrogens is 2. The highest BCUT2D eigenvalue weighted by atomic mass is 15.3. The zero-order valence-electron chi connectivity index (χ0n) is 12.9. The van der Waals surface area contributed by atoms with E-state index in [0.29, 0.717) is 6.04 Å². The van der Waals surface area contributed by atoms with Gasteiger partial charge >= 0.3 is 0 Å². The maximum absolute atomic E-state index is 4.45. The Morgan fingerprint density at radius 1 is 1.24 bits per heavy atom. The van der Waals surface area contributed by atoms with E-state index in [4.69, 9.17) is 0 Å². The van der Waals surface area contributed by atoms with Crippen molar-refractivity contribution in [2.24, 2.45) is 5.92 Å². The Morgan fingerprint density at radius 2 is 2.00 bits per heavy atom. The molecule has 2 aromatic rings. The number of benzene rings is 1. The van der Waals surface area contributed by atoms with Crippen LogP contribution in [-0.2, 0) is 0 Å². The molecule has 1 aliphatic rings. The third-order valence-electron chi connectivity index (χ3n) is 4.36. The van der Waals surface area contributed by atoms with E-state index in [1.807, 2.05) is 6.20 Å². The number of hydrogen-bond acceptors (Lipinski definition) is 4. The molecule has 0 atom stereocenters. The van der Waals surface area contributed by atoms with Crippen LogP contribution in [0.2, 0.25) is 0 Å². The van der Waals surface area contributed by atoms with Gasteiger partial charge in [0.25, 0.3) is 0 Å². The van der Waals surface area contributed by atoms with Gasteiger partial charge in [-0.3, -0.25) is 0 Å². The zero-order valence-corrected chi connectivity index (χ0v) is 12.9. The predicted octanol–water partition coefficient (Wildman–Crippen LogP) is 2.84. The quantitative estimate of drug-likeness (QED) is 0.937. The molecule has 1 fully saturated rings. The summed E-state index contributed by atoms with van der Waals surface area (Å²) in [5.41, 5.74) is 0. The summed E-state index contributed by atoms with van der Waals surface area (Å²) in [4.78, 5) is 2.42. The van der Waals surface area contributed by atoms with Crippen molar-refractivity contribution in [3.8, 4) is 0 Å². The van der Waals surface area contributed by atoms with Crippen LogP contribution in [-0.4, -0.2) is 35.9 Å². The molecule has 1 saturated heterocycles. The summed E-state index contributed by atoms with van der Waals surface area (Å²) in [7, 11) is 0. The molecule has 4 nitrogen and oxygen atoms in total. The minimum atomic E-state index is 0.431. The van der Waals surface area contributed by atoms with E-state index in [2.05, 4.69) is 58.5 Å². The number of nitrogens with zero attached hydrogens (tertiary/aromatic N) is 3. The summed E-state index contributed by atoms with van der Waals surface area (Å²) in [6, 6.07) is 8.82. The first-order chi connectivity index (χ1) is 10.3. The average molecular weight is 284 g/mol. The molecule has 112 valence electrons. The molecule has 0 saturated carbocycles. The highest BCUT2D eigenvalue weighted by Crippen LogP contribution is 2.27. The monoisotopic (exact) mass is 284 g/mol. The van der Waals surface area contributed by atoms with Gasteiger partial charge in [-0.2, -0.15) is 5.10 Å². The van der Waals surface area contributed by atoms with Gasteiger partial charge in [0.15, 0.2) is 5.82 Å². The van der Waals surface area contributed by atoms with Crippen LogP contribution in [0.25, 0.3) is 10.8 Å².